The van der Waals surface area contributed by atoms with E-state index in [2.05, 4.69) is 25.3 Å². The summed E-state index contributed by atoms with van der Waals surface area (Å²) in [6.07, 6.45) is 2.64. The van der Waals surface area contributed by atoms with E-state index in [1.807, 2.05) is 5.38 Å². The molecule has 84 valence electrons. The Morgan fingerprint density at radius 2 is 2.25 bits per heavy atom. The molecule has 0 amide bonds. The molecule has 1 aliphatic carbocycles. The van der Waals surface area contributed by atoms with Crippen molar-refractivity contribution in [2.45, 2.75) is 31.8 Å². The highest BCUT2D eigenvalue weighted by Crippen LogP contribution is 2.40. The molecule has 2 heterocycles. The van der Waals surface area contributed by atoms with E-state index in [9.17, 15) is 0 Å². The van der Waals surface area contributed by atoms with Crippen molar-refractivity contribution in [3.05, 3.63) is 27.2 Å². The molecule has 0 radical (unpaired) electrons. The number of nitrogens with one attached hydrogen (secondary N) is 1. The summed E-state index contributed by atoms with van der Waals surface area (Å²) < 4.78 is 3.82. The predicted molar refractivity (Wildman–Crippen MR) is 64.5 cm³/mol. The summed E-state index contributed by atoms with van der Waals surface area (Å²) in [6.45, 7) is 1.60. The molecule has 0 aromatic carbocycles. The molecule has 0 bridgehead atoms. The van der Waals surface area contributed by atoms with E-state index in [0.29, 0.717) is 0 Å². The molecule has 0 atom stereocenters. The summed E-state index contributed by atoms with van der Waals surface area (Å²) in [5.74, 6) is 0.757. The summed E-state index contributed by atoms with van der Waals surface area (Å²) in [5, 5.41) is 12.6. The van der Waals surface area contributed by atoms with Gasteiger partial charge in [-0.15, -0.1) is 16.4 Å². The third-order valence-electron chi connectivity index (χ3n) is 2.55. The number of hydrogen-bond donors (Lipinski definition) is 1. The van der Waals surface area contributed by atoms with Crippen molar-refractivity contribution >= 4 is 22.9 Å². The third-order valence-corrected chi connectivity index (χ3v) is 3.97. The molecule has 16 heavy (non-hydrogen) atoms. The van der Waals surface area contributed by atoms with Gasteiger partial charge in [0.2, 0.25) is 0 Å². The summed E-state index contributed by atoms with van der Waals surface area (Å²) in [7, 11) is 0. The lowest BCUT2D eigenvalue weighted by Crippen LogP contribution is -2.12. The van der Waals surface area contributed by atoms with Crippen LogP contribution in [0.25, 0.3) is 0 Å². The Labute approximate surface area is 102 Å². The first-order valence-electron chi connectivity index (χ1n) is 5.33. The summed E-state index contributed by atoms with van der Waals surface area (Å²) >= 11 is 3.14. The van der Waals surface area contributed by atoms with Gasteiger partial charge in [-0.3, -0.25) is 0 Å². The average molecular weight is 252 g/mol. The second-order valence-electron chi connectivity index (χ2n) is 3.94. The van der Waals surface area contributed by atoms with Gasteiger partial charge in [0.05, 0.1) is 11.4 Å². The number of rotatable bonds is 5. The molecule has 0 spiro atoms. The molecule has 1 aliphatic rings. The van der Waals surface area contributed by atoms with Gasteiger partial charge >= 0.3 is 0 Å². The molecule has 1 fully saturated rings. The monoisotopic (exact) mass is 252 g/mol. The minimum absolute atomic E-state index is 0.757. The first-order chi connectivity index (χ1) is 7.92. The Morgan fingerprint density at radius 1 is 1.31 bits per heavy atom. The van der Waals surface area contributed by atoms with Gasteiger partial charge in [0.1, 0.15) is 5.01 Å². The molecule has 2 aromatic heterocycles. The maximum Gasteiger partial charge on any atom is 0.107 e. The molecule has 0 aliphatic heterocycles. The Hall–Kier alpha value is -0.850. The number of nitrogens with zero attached hydrogens (tertiary/aromatic N) is 3. The third kappa shape index (κ3) is 2.45. The Morgan fingerprint density at radius 3 is 3.00 bits per heavy atom. The molecule has 4 nitrogen and oxygen atoms in total. The molecular formula is C10H12N4S2. The van der Waals surface area contributed by atoms with Gasteiger partial charge in [-0.05, 0) is 24.4 Å². The largest absolute Gasteiger partial charge is 0.305 e. The maximum atomic E-state index is 4.61. The fraction of sp³-hybridized carbons (Fsp3) is 0.500. The van der Waals surface area contributed by atoms with E-state index in [0.717, 1.165) is 24.7 Å². The zero-order valence-corrected chi connectivity index (χ0v) is 10.4. The highest BCUT2D eigenvalue weighted by molar-refractivity contribution is 7.09. The maximum absolute atomic E-state index is 4.61. The van der Waals surface area contributed by atoms with Crippen LogP contribution in [0.4, 0.5) is 0 Å². The van der Waals surface area contributed by atoms with Crippen molar-refractivity contribution in [1.82, 2.24) is 19.9 Å². The van der Waals surface area contributed by atoms with Crippen LogP contribution < -0.4 is 5.32 Å². The van der Waals surface area contributed by atoms with E-state index in [-0.39, 0.29) is 0 Å². The van der Waals surface area contributed by atoms with E-state index >= 15 is 0 Å². The van der Waals surface area contributed by atoms with Crippen molar-refractivity contribution in [3.63, 3.8) is 0 Å². The van der Waals surface area contributed by atoms with Crippen LogP contribution in [-0.4, -0.2) is 14.6 Å². The molecule has 6 heteroatoms. The van der Waals surface area contributed by atoms with Crippen molar-refractivity contribution in [2.75, 3.05) is 0 Å². The van der Waals surface area contributed by atoms with Gasteiger partial charge in [0.15, 0.2) is 0 Å². The molecule has 0 unspecified atom stereocenters. The standard InChI is InChI=1S/C10H12N4S2/c1-2-7(1)9-6-15-10(12-9)4-11-3-8-5-16-14-13-8/h5-7,11H,1-4H2. The van der Waals surface area contributed by atoms with Crippen molar-refractivity contribution in [2.24, 2.45) is 0 Å². The van der Waals surface area contributed by atoms with Gasteiger partial charge in [-0.1, -0.05) is 4.49 Å². The molecule has 3 rings (SSSR count). The number of hydrogen-bond acceptors (Lipinski definition) is 6. The van der Waals surface area contributed by atoms with Crippen LogP contribution in [0.1, 0.15) is 35.2 Å². The SMILES string of the molecule is c1snnc1CNCc1nc(C2CC2)cs1. The Bertz CT molecular complexity index is 447. The Kier molecular flexibility index (Phi) is 2.94. The fourth-order valence-corrected chi connectivity index (χ4v) is 2.83. The molecular weight excluding hydrogens is 240 g/mol. The van der Waals surface area contributed by atoms with Gasteiger partial charge in [-0.25, -0.2) is 4.98 Å². The van der Waals surface area contributed by atoms with Crippen LogP contribution in [0.3, 0.4) is 0 Å². The summed E-state index contributed by atoms with van der Waals surface area (Å²) in [4.78, 5) is 4.61. The van der Waals surface area contributed by atoms with E-state index < -0.39 is 0 Å². The molecule has 2 aromatic rings. The van der Waals surface area contributed by atoms with Gasteiger partial charge in [-0.2, -0.15) is 0 Å². The van der Waals surface area contributed by atoms with Crippen LogP contribution in [-0.2, 0) is 13.1 Å². The summed E-state index contributed by atoms with van der Waals surface area (Å²) in [5.41, 5.74) is 2.29. The molecule has 1 N–H and O–H groups in total. The van der Waals surface area contributed by atoms with Crippen LogP contribution in [0.2, 0.25) is 0 Å². The predicted octanol–water partition coefficient (Wildman–Crippen LogP) is 2.16. The zero-order valence-electron chi connectivity index (χ0n) is 8.72. The lowest BCUT2D eigenvalue weighted by molar-refractivity contribution is 0.673. The highest BCUT2D eigenvalue weighted by atomic mass is 32.1. The second-order valence-corrected chi connectivity index (χ2v) is 5.49. The van der Waals surface area contributed by atoms with Crippen molar-refractivity contribution in [3.8, 4) is 0 Å². The highest BCUT2D eigenvalue weighted by Gasteiger charge is 2.25. The lowest BCUT2D eigenvalue weighted by atomic mass is 10.3. The zero-order chi connectivity index (χ0) is 10.8. The van der Waals surface area contributed by atoms with Crippen LogP contribution >= 0.6 is 22.9 Å². The first-order valence-corrected chi connectivity index (χ1v) is 7.04. The number of thiazole rings is 1. The normalized spacial score (nSPS) is 15.5. The van der Waals surface area contributed by atoms with Gasteiger partial charge < -0.3 is 5.32 Å². The minimum atomic E-state index is 0.757. The van der Waals surface area contributed by atoms with E-state index in [4.69, 9.17) is 0 Å². The van der Waals surface area contributed by atoms with E-state index in [1.165, 1.54) is 35.1 Å². The first kappa shape index (κ1) is 10.3. The van der Waals surface area contributed by atoms with Crippen LogP contribution in [0.5, 0.6) is 0 Å². The van der Waals surface area contributed by atoms with Crippen LogP contribution in [0.15, 0.2) is 10.8 Å². The van der Waals surface area contributed by atoms with Gasteiger partial charge in [0.25, 0.3) is 0 Å². The molecule has 0 saturated heterocycles. The van der Waals surface area contributed by atoms with Crippen molar-refractivity contribution in [1.29, 1.82) is 0 Å². The van der Waals surface area contributed by atoms with Crippen LogP contribution in [0, 0.1) is 0 Å². The quantitative estimate of drug-likeness (QED) is 0.886. The fourth-order valence-electron chi connectivity index (χ4n) is 1.53. The second kappa shape index (κ2) is 4.57. The van der Waals surface area contributed by atoms with E-state index in [1.54, 1.807) is 11.3 Å². The minimum Gasteiger partial charge on any atom is -0.305 e. The Balaban J connectivity index is 1.50. The average Bonchev–Trinajstić information content (AvgIpc) is 2.83. The topological polar surface area (TPSA) is 50.7 Å². The summed E-state index contributed by atoms with van der Waals surface area (Å²) in [6, 6.07) is 0. The van der Waals surface area contributed by atoms with Crippen molar-refractivity contribution < 1.29 is 0 Å². The molecule has 1 saturated carbocycles. The smallest absolute Gasteiger partial charge is 0.107 e. The lowest BCUT2D eigenvalue weighted by Gasteiger charge is -1.97. The van der Waals surface area contributed by atoms with Gasteiger partial charge in [0, 0.05) is 29.8 Å². The number of aromatic nitrogens is 3.